The molecule has 3 nitrogen and oxygen atoms in total. The molecule has 0 saturated heterocycles. The lowest BCUT2D eigenvalue weighted by Gasteiger charge is -2.18. The Labute approximate surface area is 119 Å². The minimum Gasteiger partial charge on any atom is -0.382 e. The standard InChI is InChI=1S/C15H20ClN3/c1-3-19(4-2)11-10-17-14-8-7-13(16)12-6-5-9-18-15(12)14/h5-9,17H,3-4,10-11H2,1-2H3. The fourth-order valence-electron chi connectivity index (χ4n) is 2.17. The molecule has 1 aromatic carbocycles. The lowest BCUT2D eigenvalue weighted by Crippen LogP contribution is -2.28. The second-order valence-electron chi connectivity index (χ2n) is 4.45. The molecule has 4 heteroatoms. The van der Waals surface area contributed by atoms with Crippen molar-refractivity contribution in [1.82, 2.24) is 9.88 Å². The minimum absolute atomic E-state index is 0.748. The number of pyridine rings is 1. The van der Waals surface area contributed by atoms with Gasteiger partial charge in [0.1, 0.15) is 0 Å². The Bertz CT molecular complexity index is 538. The molecule has 1 aromatic heterocycles. The molecule has 0 saturated carbocycles. The molecule has 102 valence electrons. The lowest BCUT2D eigenvalue weighted by atomic mass is 10.2. The molecule has 0 atom stereocenters. The minimum atomic E-state index is 0.748. The Balaban J connectivity index is 2.11. The quantitative estimate of drug-likeness (QED) is 0.874. The number of rotatable bonds is 6. The molecule has 2 rings (SSSR count). The third-order valence-corrected chi connectivity index (χ3v) is 3.68. The Morgan fingerprint density at radius 1 is 1.21 bits per heavy atom. The highest BCUT2D eigenvalue weighted by molar-refractivity contribution is 6.35. The summed E-state index contributed by atoms with van der Waals surface area (Å²) >= 11 is 6.18. The number of anilines is 1. The van der Waals surface area contributed by atoms with Crippen molar-refractivity contribution in [3.05, 3.63) is 35.5 Å². The number of nitrogens with one attached hydrogen (secondary N) is 1. The highest BCUT2D eigenvalue weighted by Gasteiger charge is 2.05. The number of halogens is 1. The summed E-state index contributed by atoms with van der Waals surface area (Å²) in [6, 6.07) is 7.83. The average Bonchev–Trinajstić information content (AvgIpc) is 2.46. The summed E-state index contributed by atoms with van der Waals surface area (Å²) in [5.41, 5.74) is 1.99. The van der Waals surface area contributed by atoms with E-state index in [1.807, 2.05) is 24.3 Å². The summed E-state index contributed by atoms with van der Waals surface area (Å²) in [5, 5.41) is 5.20. The summed E-state index contributed by atoms with van der Waals surface area (Å²) in [6.07, 6.45) is 1.80. The Kier molecular flexibility index (Phi) is 5.00. The van der Waals surface area contributed by atoms with Gasteiger partial charge in [0, 0.05) is 24.7 Å². The van der Waals surface area contributed by atoms with Crippen LogP contribution in [0.2, 0.25) is 5.02 Å². The number of hydrogen-bond donors (Lipinski definition) is 1. The number of aromatic nitrogens is 1. The van der Waals surface area contributed by atoms with Gasteiger partial charge in [0.2, 0.25) is 0 Å². The van der Waals surface area contributed by atoms with Crippen LogP contribution in [-0.4, -0.2) is 36.1 Å². The van der Waals surface area contributed by atoms with E-state index in [0.29, 0.717) is 0 Å². The Hall–Kier alpha value is -1.32. The van der Waals surface area contributed by atoms with Gasteiger partial charge in [-0.3, -0.25) is 4.98 Å². The normalized spacial score (nSPS) is 11.2. The molecule has 0 aliphatic carbocycles. The molecule has 0 fully saturated rings. The second kappa shape index (κ2) is 6.73. The van der Waals surface area contributed by atoms with Crippen LogP contribution in [0.5, 0.6) is 0 Å². The first-order valence-corrected chi connectivity index (χ1v) is 7.13. The van der Waals surface area contributed by atoms with Crippen molar-refractivity contribution in [3.63, 3.8) is 0 Å². The third-order valence-electron chi connectivity index (χ3n) is 3.35. The van der Waals surface area contributed by atoms with Gasteiger partial charge < -0.3 is 10.2 Å². The number of benzene rings is 1. The predicted octanol–water partition coefficient (Wildman–Crippen LogP) is 3.64. The van der Waals surface area contributed by atoms with Crippen molar-refractivity contribution in [2.24, 2.45) is 0 Å². The van der Waals surface area contributed by atoms with Gasteiger partial charge >= 0.3 is 0 Å². The summed E-state index contributed by atoms with van der Waals surface area (Å²) in [5.74, 6) is 0. The predicted molar refractivity (Wildman–Crippen MR) is 83.0 cm³/mol. The zero-order valence-electron chi connectivity index (χ0n) is 11.5. The van der Waals surface area contributed by atoms with E-state index in [4.69, 9.17) is 11.6 Å². The average molecular weight is 278 g/mol. The number of fused-ring (bicyclic) bond motifs is 1. The SMILES string of the molecule is CCN(CC)CCNc1ccc(Cl)c2cccnc12. The van der Waals surface area contributed by atoms with Crippen LogP contribution in [0.15, 0.2) is 30.5 Å². The van der Waals surface area contributed by atoms with Crippen LogP contribution >= 0.6 is 11.6 Å². The maximum Gasteiger partial charge on any atom is 0.0948 e. The Morgan fingerprint density at radius 3 is 2.74 bits per heavy atom. The van der Waals surface area contributed by atoms with Crippen molar-refractivity contribution >= 4 is 28.2 Å². The van der Waals surface area contributed by atoms with Crippen molar-refractivity contribution in [3.8, 4) is 0 Å². The fraction of sp³-hybridized carbons (Fsp3) is 0.400. The van der Waals surface area contributed by atoms with Crippen LogP contribution in [0, 0.1) is 0 Å². The summed E-state index contributed by atoms with van der Waals surface area (Å²) in [4.78, 5) is 6.81. The molecule has 1 N–H and O–H groups in total. The van der Waals surface area contributed by atoms with E-state index < -0.39 is 0 Å². The molecule has 0 aliphatic heterocycles. The molecular weight excluding hydrogens is 258 g/mol. The first-order chi connectivity index (χ1) is 9.26. The molecule has 19 heavy (non-hydrogen) atoms. The van der Waals surface area contributed by atoms with E-state index in [9.17, 15) is 0 Å². The van der Waals surface area contributed by atoms with Crippen LogP contribution in [0.25, 0.3) is 10.9 Å². The van der Waals surface area contributed by atoms with Gasteiger partial charge in [-0.1, -0.05) is 25.4 Å². The zero-order chi connectivity index (χ0) is 13.7. The van der Waals surface area contributed by atoms with E-state index in [1.54, 1.807) is 6.20 Å². The van der Waals surface area contributed by atoms with Crippen LogP contribution in [-0.2, 0) is 0 Å². The van der Waals surface area contributed by atoms with Gasteiger partial charge in [-0.15, -0.1) is 0 Å². The first-order valence-electron chi connectivity index (χ1n) is 6.75. The summed E-state index contributed by atoms with van der Waals surface area (Å²) < 4.78 is 0. The van der Waals surface area contributed by atoms with Gasteiger partial charge in [-0.05, 0) is 37.4 Å². The number of likely N-dealkylation sites (N-methyl/N-ethyl adjacent to an activating group) is 1. The maximum atomic E-state index is 6.18. The highest BCUT2D eigenvalue weighted by atomic mass is 35.5. The van der Waals surface area contributed by atoms with E-state index in [0.717, 1.165) is 47.8 Å². The van der Waals surface area contributed by atoms with Crippen LogP contribution in [0.4, 0.5) is 5.69 Å². The molecular formula is C15H20ClN3. The van der Waals surface area contributed by atoms with Crippen molar-refractivity contribution < 1.29 is 0 Å². The largest absolute Gasteiger partial charge is 0.382 e. The molecule has 0 bridgehead atoms. The maximum absolute atomic E-state index is 6.18. The zero-order valence-corrected chi connectivity index (χ0v) is 12.2. The van der Waals surface area contributed by atoms with Crippen molar-refractivity contribution in [1.29, 1.82) is 0 Å². The molecule has 2 aromatic rings. The molecule has 0 amide bonds. The smallest absolute Gasteiger partial charge is 0.0948 e. The van der Waals surface area contributed by atoms with Crippen LogP contribution in [0.3, 0.4) is 0 Å². The van der Waals surface area contributed by atoms with Gasteiger partial charge in [0.25, 0.3) is 0 Å². The highest BCUT2D eigenvalue weighted by Crippen LogP contribution is 2.27. The molecule has 1 heterocycles. The van der Waals surface area contributed by atoms with Crippen molar-refractivity contribution in [2.75, 3.05) is 31.5 Å². The molecule has 0 aliphatic rings. The Morgan fingerprint density at radius 2 is 2.00 bits per heavy atom. The van der Waals surface area contributed by atoms with Crippen LogP contribution in [0.1, 0.15) is 13.8 Å². The number of hydrogen-bond acceptors (Lipinski definition) is 3. The lowest BCUT2D eigenvalue weighted by molar-refractivity contribution is 0.316. The van der Waals surface area contributed by atoms with Gasteiger partial charge in [-0.2, -0.15) is 0 Å². The van der Waals surface area contributed by atoms with Crippen molar-refractivity contribution in [2.45, 2.75) is 13.8 Å². The van der Waals surface area contributed by atoms with Crippen LogP contribution < -0.4 is 5.32 Å². The van der Waals surface area contributed by atoms with Gasteiger partial charge in [0.15, 0.2) is 0 Å². The van der Waals surface area contributed by atoms with E-state index >= 15 is 0 Å². The van der Waals surface area contributed by atoms with Gasteiger partial charge in [0.05, 0.1) is 16.2 Å². The van der Waals surface area contributed by atoms with E-state index in [1.165, 1.54) is 0 Å². The fourth-order valence-corrected chi connectivity index (χ4v) is 2.38. The summed E-state index contributed by atoms with van der Waals surface area (Å²) in [7, 11) is 0. The second-order valence-corrected chi connectivity index (χ2v) is 4.86. The molecule has 0 spiro atoms. The third kappa shape index (κ3) is 3.37. The van der Waals surface area contributed by atoms with Gasteiger partial charge in [-0.25, -0.2) is 0 Å². The number of nitrogens with zero attached hydrogens (tertiary/aromatic N) is 2. The topological polar surface area (TPSA) is 28.2 Å². The monoisotopic (exact) mass is 277 g/mol. The molecule has 0 unspecified atom stereocenters. The molecule has 0 radical (unpaired) electrons. The first kappa shape index (κ1) is 14.1. The van der Waals surface area contributed by atoms with E-state index in [-0.39, 0.29) is 0 Å². The summed E-state index contributed by atoms with van der Waals surface area (Å²) in [6.45, 7) is 8.47. The van der Waals surface area contributed by atoms with E-state index in [2.05, 4.69) is 29.0 Å².